The molecule has 1 unspecified atom stereocenters. The van der Waals surface area contributed by atoms with E-state index in [1.165, 1.54) is 24.3 Å². The number of rotatable bonds is 7. The molecular formula is C19H20FNO4. The average molecular weight is 345 g/mol. The van der Waals surface area contributed by atoms with Crippen LogP contribution in [-0.4, -0.2) is 29.6 Å². The molecule has 1 atom stereocenters. The molecule has 0 aliphatic rings. The molecule has 0 spiro atoms. The number of benzene rings is 2. The molecule has 2 N–H and O–H groups in total. The minimum atomic E-state index is -1.27. The Morgan fingerprint density at radius 1 is 1.08 bits per heavy atom. The highest BCUT2D eigenvalue weighted by atomic mass is 19.1. The summed E-state index contributed by atoms with van der Waals surface area (Å²) in [6.07, 6.45) is -1.27. The number of ether oxygens (including phenoxy) is 1. The third-order valence-electron chi connectivity index (χ3n) is 3.65. The molecule has 2 aromatic rings. The van der Waals surface area contributed by atoms with Crippen LogP contribution in [0.5, 0.6) is 5.75 Å². The first kappa shape index (κ1) is 18.4. The summed E-state index contributed by atoms with van der Waals surface area (Å²) in [6, 6.07) is 12.1. The Morgan fingerprint density at radius 3 is 2.20 bits per heavy atom. The molecule has 0 aromatic heterocycles. The first-order chi connectivity index (χ1) is 11.9. The molecule has 0 aliphatic carbocycles. The summed E-state index contributed by atoms with van der Waals surface area (Å²) >= 11 is 0. The van der Waals surface area contributed by atoms with Gasteiger partial charge in [0.2, 0.25) is 6.10 Å². The third-order valence-corrected chi connectivity index (χ3v) is 3.65. The zero-order chi connectivity index (χ0) is 18.4. The van der Waals surface area contributed by atoms with Crippen molar-refractivity contribution in [2.45, 2.75) is 25.9 Å². The maximum Gasteiger partial charge on any atom is 0.346 e. The van der Waals surface area contributed by atoms with Gasteiger partial charge in [-0.15, -0.1) is 0 Å². The van der Waals surface area contributed by atoms with Gasteiger partial charge in [-0.05, 0) is 47.9 Å². The van der Waals surface area contributed by atoms with Gasteiger partial charge in [0, 0.05) is 5.56 Å². The number of carboxylic acid groups (broad SMARTS) is 1. The van der Waals surface area contributed by atoms with Gasteiger partial charge in [0.25, 0.3) is 5.91 Å². The molecule has 0 saturated heterocycles. The Hall–Kier alpha value is -2.89. The van der Waals surface area contributed by atoms with Gasteiger partial charge in [-0.25, -0.2) is 9.18 Å². The van der Waals surface area contributed by atoms with Crippen LogP contribution in [0.15, 0.2) is 48.5 Å². The van der Waals surface area contributed by atoms with E-state index < -0.39 is 17.9 Å². The number of carboxylic acids is 1. The van der Waals surface area contributed by atoms with E-state index in [0.717, 1.165) is 5.56 Å². The zero-order valence-electron chi connectivity index (χ0n) is 14.0. The average Bonchev–Trinajstić information content (AvgIpc) is 2.59. The van der Waals surface area contributed by atoms with E-state index in [2.05, 4.69) is 19.2 Å². The molecule has 0 heterocycles. The van der Waals surface area contributed by atoms with Crippen molar-refractivity contribution in [1.29, 1.82) is 0 Å². The molecular weight excluding hydrogens is 325 g/mol. The number of carbonyl (C=O) groups is 2. The largest absolute Gasteiger partial charge is 0.478 e. The fraction of sp³-hybridized carbons (Fsp3) is 0.263. The van der Waals surface area contributed by atoms with E-state index in [1.807, 2.05) is 12.1 Å². The van der Waals surface area contributed by atoms with Crippen molar-refractivity contribution in [2.75, 3.05) is 6.54 Å². The topological polar surface area (TPSA) is 75.6 Å². The molecule has 0 fully saturated rings. The Labute approximate surface area is 145 Å². The van der Waals surface area contributed by atoms with Crippen LogP contribution >= 0.6 is 0 Å². The van der Waals surface area contributed by atoms with Crippen molar-refractivity contribution in [3.8, 4) is 5.75 Å². The van der Waals surface area contributed by atoms with Gasteiger partial charge in [0.15, 0.2) is 0 Å². The second-order valence-corrected chi connectivity index (χ2v) is 5.89. The Morgan fingerprint density at radius 2 is 1.68 bits per heavy atom. The van der Waals surface area contributed by atoms with Gasteiger partial charge in [0.05, 0.1) is 6.54 Å². The number of nitrogens with one attached hydrogen (secondary N) is 1. The second-order valence-electron chi connectivity index (χ2n) is 5.89. The van der Waals surface area contributed by atoms with Gasteiger partial charge in [-0.2, -0.15) is 0 Å². The smallest absolute Gasteiger partial charge is 0.346 e. The lowest BCUT2D eigenvalue weighted by atomic mass is 10.0. The minimum absolute atomic E-state index is 0.211. The normalized spacial score (nSPS) is 11.8. The van der Waals surface area contributed by atoms with Crippen LogP contribution in [0.25, 0.3) is 0 Å². The highest BCUT2D eigenvalue weighted by Crippen LogP contribution is 2.15. The minimum Gasteiger partial charge on any atom is -0.478 e. The van der Waals surface area contributed by atoms with Gasteiger partial charge < -0.3 is 15.2 Å². The fourth-order valence-corrected chi connectivity index (χ4v) is 2.16. The molecule has 0 bridgehead atoms. The van der Waals surface area contributed by atoms with E-state index in [9.17, 15) is 19.1 Å². The number of hydrogen-bond donors (Lipinski definition) is 2. The molecule has 25 heavy (non-hydrogen) atoms. The maximum absolute atomic E-state index is 12.9. The quantitative estimate of drug-likeness (QED) is 0.808. The second kappa shape index (κ2) is 8.28. The Kier molecular flexibility index (Phi) is 6.11. The van der Waals surface area contributed by atoms with Gasteiger partial charge in [-0.1, -0.05) is 26.0 Å². The summed E-state index contributed by atoms with van der Waals surface area (Å²) in [6.45, 7) is 3.90. The number of aliphatic carboxylic acids is 1. The SMILES string of the molecule is CC(C)c1ccc(C(=O)NCC(Oc2ccc(F)cc2)C(=O)O)cc1. The number of hydrogen-bond acceptors (Lipinski definition) is 3. The lowest BCUT2D eigenvalue weighted by Crippen LogP contribution is -2.40. The summed E-state index contributed by atoms with van der Waals surface area (Å²) in [5, 5.41) is 11.8. The van der Waals surface area contributed by atoms with Crippen molar-refractivity contribution in [3.63, 3.8) is 0 Å². The highest BCUT2D eigenvalue weighted by molar-refractivity contribution is 5.94. The van der Waals surface area contributed by atoms with Crippen molar-refractivity contribution in [3.05, 3.63) is 65.5 Å². The predicted octanol–water partition coefficient (Wildman–Crippen LogP) is 3.21. The van der Waals surface area contributed by atoms with E-state index in [1.54, 1.807) is 12.1 Å². The first-order valence-electron chi connectivity index (χ1n) is 7.90. The monoisotopic (exact) mass is 345 g/mol. The summed E-state index contributed by atoms with van der Waals surface area (Å²) in [5.74, 6) is -1.48. The van der Waals surface area contributed by atoms with Crippen LogP contribution in [-0.2, 0) is 4.79 Å². The number of halogens is 1. The molecule has 6 heteroatoms. The molecule has 1 amide bonds. The molecule has 0 radical (unpaired) electrons. The van der Waals surface area contributed by atoms with Crippen molar-refractivity contribution < 1.29 is 23.8 Å². The van der Waals surface area contributed by atoms with Gasteiger partial charge in [0.1, 0.15) is 11.6 Å². The Balaban J connectivity index is 1.96. The van der Waals surface area contributed by atoms with E-state index in [-0.39, 0.29) is 18.2 Å². The van der Waals surface area contributed by atoms with Crippen LogP contribution < -0.4 is 10.1 Å². The van der Waals surface area contributed by atoms with Crippen LogP contribution in [0.4, 0.5) is 4.39 Å². The van der Waals surface area contributed by atoms with Crippen LogP contribution in [0, 0.1) is 5.82 Å². The lowest BCUT2D eigenvalue weighted by Gasteiger charge is -2.16. The fourth-order valence-electron chi connectivity index (χ4n) is 2.16. The van der Waals surface area contributed by atoms with Crippen LogP contribution in [0.2, 0.25) is 0 Å². The van der Waals surface area contributed by atoms with E-state index in [0.29, 0.717) is 11.5 Å². The Bertz CT molecular complexity index is 726. The van der Waals surface area contributed by atoms with Gasteiger partial charge in [-0.3, -0.25) is 4.79 Å². The summed E-state index contributed by atoms with van der Waals surface area (Å²) < 4.78 is 18.2. The number of carbonyl (C=O) groups excluding carboxylic acids is 1. The molecule has 2 aromatic carbocycles. The zero-order valence-corrected chi connectivity index (χ0v) is 14.0. The van der Waals surface area contributed by atoms with E-state index >= 15 is 0 Å². The highest BCUT2D eigenvalue weighted by Gasteiger charge is 2.21. The lowest BCUT2D eigenvalue weighted by molar-refractivity contribution is -0.144. The predicted molar refractivity (Wildman–Crippen MR) is 91.3 cm³/mol. The summed E-state index contributed by atoms with van der Waals surface area (Å²) in [7, 11) is 0. The molecule has 2 rings (SSSR count). The van der Waals surface area contributed by atoms with Crippen molar-refractivity contribution in [1.82, 2.24) is 5.32 Å². The third kappa shape index (κ3) is 5.31. The standard InChI is InChI=1S/C19H20FNO4/c1-12(2)13-3-5-14(6-4-13)18(22)21-11-17(19(23)24)25-16-9-7-15(20)8-10-16/h3-10,12,17H,11H2,1-2H3,(H,21,22)(H,23,24). The molecule has 0 aliphatic heterocycles. The molecule has 132 valence electrons. The first-order valence-corrected chi connectivity index (χ1v) is 7.90. The van der Waals surface area contributed by atoms with Crippen LogP contribution in [0.1, 0.15) is 35.7 Å². The van der Waals surface area contributed by atoms with Crippen molar-refractivity contribution >= 4 is 11.9 Å². The van der Waals surface area contributed by atoms with E-state index in [4.69, 9.17) is 4.74 Å². The van der Waals surface area contributed by atoms with Crippen molar-refractivity contribution in [2.24, 2.45) is 0 Å². The van der Waals surface area contributed by atoms with Gasteiger partial charge >= 0.3 is 5.97 Å². The maximum atomic E-state index is 12.9. The number of amides is 1. The summed E-state index contributed by atoms with van der Waals surface area (Å²) in [4.78, 5) is 23.4. The molecule has 0 saturated carbocycles. The van der Waals surface area contributed by atoms with Crippen LogP contribution in [0.3, 0.4) is 0 Å². The molecule has 5 nitrogen and oxygen atoms in total. The summed E-state index contributed by atoms with van der Waals surface area (Å²) in [5.41, 5.74) is 1.55.